The summed E-state index contributed by atoms with van der Waals surface area (Å²) in [6.45, 7) is 5.31. The lowest BCUT2D eigenvalue weighted by Gasteiger charge is -2.18. The fourth-order valence-electron chi connectivity index (χ4n) is 2.63. The Bertz CT molecular complexity index is 800. The molecule has 0 spiro atoms. The molecule has 0 aliphatic rings. The van der Waals surface area contributed by atoms with E-state index in [-0.39, 0.29) is 12.0 Å². The van der Waals surface area contributed by atoms with Crippen molar-refractivity contribution in [3.05, 3.63) is 65.2 Å². The minimum Gasteiger partial charge on any atom is -0.489 e. The number of nitrogens with zero attached hydrogens (tertiary/aromatic N) is 2. The van der Waals surface area contributed by atoms with E-state index in [0.29, 0.717) is 24.6 Å². The number of amides is 1. The zero-order valence-corrected chi connectivity index (χ0v) is 17.3. The molecule has 1 unspecified atom stereocenters. The number of hydrogen-bond acceptors (Lipinski definition) is 3. The number of hydrogen-bond donors (Lipinski definition) is 2. The summed E-state index contributed by atoms with van der Waals surface area (Å²) in [5.41, 5.74) is 2.93. The van der Waals surface area contributed by atoms with Crippen molar-refractivity contribution in [3.8, 4) is 5.75 Å². The molecule has 6 nitrogen and oxygen atoms in total. The Hall–Kier alpha value is -3.02. The first kappa shape index (κ1) is 21.3. The van der Waals surface area contributed by atoms with Gasteiger partial charge in [0.15, 0.2) is 5.96 Å². The first-order valence-electron chi connectivity index (χ1n) is 9.37. The van der Waals surface area contributed by atoms with Crippen molar-refractivity contribution in [2.75, 3.05) is 27.7 Å². The normalized spacial score (nSPS) is 12.2. The Morgan fingerprint density at radius 1 is 1.14 bits per heavy atom. The van der Waals surface area contributed by atoms with E-state index < -0.39 is 0 Å². The number of ether oxygens (including phenoxy) is 1. The first-order valence-corrected chi connectivity index (χ1v) is 9.37. The molecular formula is C22H30N4O2. The van der Waals surface area contributed by atoms with Crippen molar-refractivity contribution >= 4 is 11.9 Å². The Balaban J connectivity index is 1.80. The van der Waals surface area contributed by atoms with Gasteiger partial charge in [-0.15, -0.1) is 0 Å². The summed E-state index contributed by atoms with van der Waals surface area (Å²) in [4.78, 5) is 17.7. The molecule has 0 aromatic heterocycles. The molecule has 6 heteroatoms. The third-order valence-electron chi connectivity index (χ3n) is 4.17. The Morgan fingerprint density at radius 3 is 2.46 bits per heavy atom. The average molecular weight is 383 g/mol. The molecule has 2 N–H and O–H groups in total. The summed E-state index contributed by atoms with van der Waals surface area (Å²) < 4.78 is 5.93. The highest BCUT2D eigenvalue weighted by Gasteiger charge is 2.08. The molecule has 2 aromatic rings. The van der Waals surface area contributed by atoms with Crippen LogP contribution < -0.4 is 15.4 Å². The van der Waals surface area contributed by atoms with Gasteiger partial charge in [-0.05, 0) is 49.2 Å². The number of nitrogens with one attached hydrogen (secondary N) is 2. The van der Waals surface area contributed by atoms with Crippen molar-refractivity contribution in [1.82, 2.24) is 15.5 Å². The maximum Gasteiger partial charge on any atom is 0.253 e. The summed E-state index contributed by atoms with van der Waals surface area (Å²) in [6.07, 6.45) is -0.00307. The van der Waals surface area contributed by atoms with Crippen LogP contribution in [0.2, 0.25) is 0 Å². The van der Waals surface area contributed by atoms with E-state index in [1.807, 2.05) is 62.4 Å². The highest BCUT2D eigenvalue weighted by Crippen LogP contribution is 2.13. The van der Waals surface area contributed by atoms with Crippen LogP contribution in [0.3, 0.4) is 0 Å². The molecule has 2 aromatic carbocycles. The number of carbonyl (C=O) groups excluding carboxylic acids is 1. The van der Waals surface area contributed by atoms with Gasteiger partial charge >= 0.3 is 0 Å². The third-order valence-corrected chi connectivity index (χ3v) is 4.17. The van der Waals surface area contributed by atoms with E-state index in [0.717, 1.165) is 11.3 Å². The van der Waals surface area contributed by atoms with Crippen molar-refractivity contribution in [2.24, 2.45) is 4.99 Å². The second-order valence-corrected chi connectivity index (χ2v) is 6.95. The molecule has 0 saturated carbocycles. The second kappa shape index (κ2) is 10.3. The minimum atomic E-state index is -0.00307. The van der Waals surface area contributed by atoms with Gasteiger partial charge in [-0.25, -0.2) is 0 Å². The molecule has 0 saturated heterocycles. The van der Waals surface area contributed by atoms with Crippen LogP contribution in [0.1, 0.15) is 28.4 Å². The molecule has 0 heterocycles. The number of carbonyl (C=O) groups is 1. The summed E-state index contributed by atoms with van der Waals surface area (Å²) in [5, 5.41) is 6.55. The highest BCUT2D eigenvalue weighted by molar-refractivity contribution is 5.93. The van der Waals surface area contributed by atoms with Gasteiger partial charge in [0.1, 0.15) is 11.9 Å². The van der Waals surface area contributed by atoms with E-state index in [4.69, 9.17) is 4.74 Å². The van der Waals surface area contributed by atoms with Gasteiger partial charge in [-0.1, -0.05) is 24.3 Å². The third kappa shape index (κ3) is 6.61. The number of aliphatic imine (C=N–C) groups is 1. The van der Waals surface area contributed by atoms with Crippen LogP contribution in [-0.4, -0.2) is 50.6 Å². The SMILES string of the molecule is CN=C(NCc1ccc(C(=O)N(C)C)cc1)NCC(C)Oc1cccc(C)c1. The van der Waals surface area contributed by atoms with Crippen LogP contribution in [0.5, 0.6) is 5.75 Å². The van der Waals surface area contributed by atoms with Crippen molar-refractivity contribution < 1.29 is 9.53 Å². The molecule has 1 amide bonds. The van der Waals surface area contributed by atoms with Crippen LogP contribution >= 0.6 is 0 Å². The molecule has 28 heavy (non-hydrogen) atoms. The monoisotopic (exact) mass is 382 g/mol. The maximum atomic E-state index is 11.9. The van der Waals surface area contributed by atoms with Gasteiger partial charge < -0.3 is 20.3 Å². The fraction of sp³-hybridized carbons (Fsp3) is 0.364. The van der Waals surface area contributed by atoms with Crippen molar-refractivity contribution in [2.45, 2.75) is 26.5 Å². The summed E-state index contributed by atoms with van der Waals surface area (Å²) >= 11 is 0. The molecular weight excluding hydrogens is 352 g/mol. The van der Waals surface area contributed by atoms with Crippen LogP contribution in [-0.2, 0) is 6.54 Å². The number of benzene rings is 2. The molecule has 0 aliphatic heterocycles. The van der Waals surface area contributed by atoms with Crippen LogP contribution in [0.25, 0.3) is 0 Å². The van der Waals surface area contributed by atoms with Crippen LogP contribution in [0.15, 0.2) is 53.5 Å². The number of rotatable bonds is 7. The smallest absolute Gasteiger partial charge is 0.253 e. The predicted octanol–water partition coefficient (Wildman–Crippen LogP) is 2.83. The van der Waals surface area contributed by atoms with Crippen molar-refractivity contribution in [1.29, 1.82) is 0 Å². The lowest BCUT2D eigenvalue weighted by Crippen LogP contribution is -2.41. The zero-order valence-electron chi connectivity index (χ0n) is 17.3. The topological polar surface area (TPSA) is 66.0 Å². The zero-order chi connectivity index (χ0) is 20.5. The Labute approximate surface area is 167 Å². The molecule has 0 radical (unpaired) electrons. The molecule has 150 valence electrons. The van der Waals surface area contributed by atoms with Crippen molar-refractivity contribution in [3.63, 3.8) is 0 Å². The van der Waals surface area contributed by atoms with Gasteiger partial charge in [-0.3, -0.25) is 9.79 Å². The van der Waals surface area contributed by atoms with Gasteiger partial charge in [0.2, 0.25) is 0 Å². The first-order chi connectivity index (χ1) is 13.4. The van der Waals surface area contributed by atoms with E-state index in [9.17, 15) is 4.79 Å². The van der Waals surface area contributed by atoms with Crippen LogP contribution in [0.4, 0.5) is 0 Å². The highest BCUT2D eigenvalue weighted by atomic mass is 16.5. The second-order valence-electron chi connectivity index (χ2n) is 6.95. The Morgan fingerprint density at radius 2 is 1.86 bits per heavy atom. The minimum absolute atomic E-state index is 0.000386. The molecule has 1 atom stereocenters. The Kier molecular flexibility index (Phi) is 7.87. The van der Waals surface area contributed by atoms with Gasteiger partial charge in [0.05, 0.1) is 6.54 Å². The summed E-state index contributed by atoms with van der Waals surface area (Å²) in [5.74, 6) is 1.57. The van der Waals surface area contributed by atoms with Gasteiger partial charge in [0.25, 0.3) is 5.91 Å². The largest absolute Gasteiger partial charge is 0.489 e. The van der Waals surface area contributed by atoms with E-state index in [1.165, 1.54) is 5.56 Å². The fourth-order valence-corrected chi connectivity index (χ4v) is 2.63. The van der Waals surface area contributed by atoms with E-state index >= 15 is 0 Å². The van der Waals surface area contributed by atoms with E-state index in [1.54, 1.807) is 26.0 Å². The number of aryl methyl sites for hydroxylation is 1. The lowest BCUT2D eigenvalue weighted by atomic mass is 10.1. The van der Waals surface area contributed by atoms with Gasteiger partial charge in [0, 0.05) is 33.3 Å². The summed E-state index contributed by atoms with van der Waals surface area (Å²) in [7, 11) is 5.23. The molecule has 0 fully saturated rings. The van der Waals surface area contributed by atoms with E-state index in [2.05, 4.69) is 15.6 Å². The quantitative estimate of drug-likeness (QED) is 0.571. The average Bonchev–Trinajstić information content (AvgIpc) is 2.68. The predicted molar refractivity (Wildman–Crippen MR) is 114 cm³/mol. The maximum absolute atomic E-state index is 11.9. The summed E-state index contributed by atoms with van der Waals surface area (Å²) in [6, 6.07) is 15.6. The van der Waals surface area contributed by atoms with Crippen LogP contribution in [0, 0.1) is 6.92 Å². The molecule has 0 aliphatic carbocycles. The standard InChI is InChI=1S/C22H30N4O2/c1-16-7-6-8-20(13-16)28-17(2)14-24-22(23-3)25-15-18-9-11-19(12-10-18)21(27)26(4)5/h6-13,17H,14-15H2,1-5H3,(H2,23,24,25). The lowest BCUT2D eigenvalue weighted by molar-refractivity contribution is 0.0827. The molecule has 2 rings (SSSR count). The van der Waals surface area contributed by atoms with Gasteiger partial charge in [-0.2, -0.15) is 0 Å². The molecule has 0 bridgehead atoms. The number of guanidine groups is 1.